The predicted molar refractivity (Wildman–Crippen MR) is 79.7 cm³/mol. The Morgan fingerprint density at radius 3 is 2.94 bits per heavy atom. The molecule has 98 valence electrons. The van der Waals surface area contributed by atoms with Crippen LogP contribution in [0.25, 0.3) is 0 Å². The predicted octanol–water partition coefficient (Wildman–Crippen LogP) is 3.26. The molecule has 3 rings (SSSR count). The lowest BCUT2D eigenvalue weighted by molar-refractivity contribution is 0.202. The maximum atomic E-state index is 5.87. The number of nitrogens with two attached hydrogens (primary N) is 1. The lowest BCUT2D eigenvalue weighted by atomic mass is 10.1. The lowest BCUT2D eigenvalue weighted by Gasteiger charge is -2.23. The number of hydrogen-bond donors (Lipinski definition) is 1. The zero-order valence-corrected chi connectivity index (χ0v) is 11.9. The molecule has 0 amide bonds. The van der Waals surface area contributed by atoms with E-state index in [1.807, 2.05) is 6.07 Å². The van der Waals surface area contributed by atoms with Crippen LogP contribution < -0.4 is 5.73 Å². The first-order valence-corrected chi connectivity index (χ1v) is 8.04. The van der Waals surface area contributed by atoms with E-state index in [0.29, 0.717) is 0 Å². The summed E-state index contributed by atoms with van der Waals surface area (Å²) in [5.74, 6) is 1.26. The van der Waals surface area contributed by atoms with E-state index < -0.39 is 0 Å². The fourth-order valence-corrected chi connectivity index (χ4v) is 4.47. The molecule has 2 atom stereocenters. The van der Waals surface area contributed by atoms with E-state index in [0.717, 1.165) is 30.1 Å². The Balaban J connectivity index is 1.64. The third-order valence-corrected chi connectivity index (χ3v) is 5.49. The number of rotatable bonds is 3. The fraction of sp³-hybridized carbons (Fsp3) is 0.600. The molecule has 18 heavy (non-hydrogen) atoms. The third-order valence-electron chi connectivity index (χ3n) is 4.25. The Morgan fingerprint density at radius 2 is 2.11 bits per heavy atom. The van der Waals surface area contributed by atoms with E-state index in [9.17, 15) is 0 Å². The van der Waals surface area contributed by atoms with Crippen molar-refractivity contribution < 1.29 is 0 Å². The molecule has 1 aliphatic heterocycles. The minimum absolute atomic E-state index is 0.794. The molecule has 3 heteroatoms. The van der Waals surface area contributed by atoms with Crippen LogP contribution >= 0.6 is 11.8 Å². The summed E-state index contributed by atoms with van der Waals surface area (Å²) in [7, 11) is 0. The largest absolute Gasteiger partial charge is 0.399 e. The van der Waals surface area contributed by atoms with Gasteiger partial charge in [-0.3, -0.25) is 4.90 Å². The second-order valence-corrected chi connectivity index (χ2v) is 7.05. The van der Waals surface area contributed by atoms with Crippen LogP contribution in [0.4, 0.5) is 5.69 Å². The molecule has 0 aromatic heterocycles. The molecule has 1 aromatic carbocycles. The lowest BCUT2D eigenvalue weighted by Crippen LogP contribution is -2.28. The van der Waals surface area contributed by atoms with E-state index in [-0.39, 0.29) is 0 Å². The third kappa shape index (κ3) is 2.39. The SMILES string of the molecule is CCSC1CCC(N2Cc3ccc(N)cc3C2)C1. The number of benzene rings is 1. The molecule has 0 saturated heterocycles. The molecule has 1 fully saturated rings. The molecular weight excluding hydrogens is 240 g/mol. The molecule has 2 unspecified atom stereocenters. The van der Waals surface area contributed by atoms with Crippen molar-refractivity contribution in [1.29, 1.82) is 0 Å². The highest BCUT2D eigenvalue weighted by Gasteiger charge is 2.32. The summed E-state index contributed by atoms with van der Waals surface area (Å²) >= 11 is 2.14. The Morgan fingerprint density at radius 1 is 1.28 bits per heavy atom. The van der Waals surface area contributed by atoms with Crippen LogP contribution in [0.15, 0.2) is 18.2 Å². The van der Waals surface area contributed by atoms with E-state index in [1.165, 1.54) is 36.1 Å². The van der Waals surface area contributed by atoms with E-state index in [4.69, 9.17) is 5.73 Å². The summed E-state index contributed by atoms with van der Waals surface area (Å²) in [6, 6.07) is 7.19. The molecule has 1 saturated carbocycles. The summed E-state index contributed by atoms with van der Waals surface area (Å²) in [5.41, 5.74) is 9.70. The topological polar surface area (TPSA) is 29.3 Å². The Hall–Kier alpha value is -0.670. The van der Waals surface area contributed by atoms with E-state index in [2.05, 4.69) is 35.7 Å². The monoisotopic (exact) mass is 262 g/mol. The van der Waals surface area contributed by atoms with Crippen LogP contribution in [-0.4, -0.2) is 21.9 Å². The first-order valence-electron chi connectivity index (χ1n) is 6.99. The van der Waals surface area contributed by atoms with Gasteiger partial charge in [-0.2, -0.15) is 11.8 Å². The number of nitrogen functional groups attached to an aromatic ring is 1. The minimum atomic E-state index is 0.794. The standard InChI is InChI=1S/C15H22N2S/c1-2-18-15-6-5-14(8-15)17-9-11-3-4-13(16)7-12(11)10-17/h3-4,7,14-15H,2,5-6,8-10,16H2,1H3. The molecule has 1 heterocycles. The van der Waals surface area contributed by atoms with Crippen molar-refractivity contribution in [3.05, 3.63) is 29.3 Å². The van der Waals surface area contributed by atoms with Gasteiger partial charge in [-0.15, -0.1) is 0 Å². The van der Waals surface area contributed by atoms with Crippen LogP contribution in [-0.2, 0) is 13.1 Å². The second kappa shape index (κ2) is 5.14. The quantitative estimate of drug-likeness (QED) is 0.848. The van der Waals surface area contributed by atoms with Crippen LogP contribution in [0, 0.1) is 0 Å². The zero-order chi connectivity index (χ0) is 12.5. The highest BCUT2D eigenvalue weighted by atomic mass is 32.2. The second-order valence-electron chi connectivity index (χ2n) is 5.48. The molecule has 2 aliphatic rings. The van der Waals surface area contributed by atoms with E-state index in [1.54, 1.807) is 0 Å². The average molecular weight is 262 g/mol. The summed E-state index contributed by atoms with van der Waals surface area (Å²) < 4.78 is 0. The summed E-state index contributed by atoms with van der Waals surface area (Å²) in [6.07, 6.45) is 4.15. The molecule has 0 bridgehead atoms. The molecular formula is C15H22N2S. The highest BCUT2D eigenvalue weighted by Crippen LogP contribution is 2.36. The summed E-state index contributed by atoms with van der Waals surface area (Å²) in [4.78, 5) is 2.65. The van der Waals surface area contributed by atoms with Gasteiger partial charge in [0.1, 0.15) is 0 Å². The van der Waals surface area contributed by atoms with Gasteiger partial charge in [0.2, 0.25) is 0 Å². The van der Waals surface area contributed by atoms with Gasteiger partial charge < -0.3 is 5.73 Å². The molecule has 1 aromatic rings. The van der Waals surface area contributed by atoms with Crippen molar-refractivity contribution in [3.8, 4) is 0 Å². The smallest absolute Gasteiger partial charge is 0.0317 e. The Bertz CT molecular complexity index is 433. The molecule has 1 aliphatic carbocycles. The molecule has 0 spiro atoms. The van der Waals surface area contributed by atoms with Crippen LogP contribution in [0.5, 0.6) is 0 Å². The van der Waals surface area contributed by atoms with Gasteiger partial charge >= 0.3 is 0 Å². The van der Waals surface area contributed by atoms with Crippen molar-refractivity contribution in [2.24, 2.45) is 0 Å². The number of thioether (sulfide) groups is 1. The van der Waals surface area contributed by atoms with E-state index >= 15 is 0 Å². The van der Waals surface area contributed by atoms with Crippen molar-refractivity contribution in [2.45, 2.75) is 50.6 Å². The van der Waals surface area contributed by atoms with Crippen LogP contribution in [0.3, 0.4) is 0 Å². The Kier molecular flexibility index (Phi) is 3.53. The molecule has 0 radical (unpaired) electrons. The number of anilines is 1. The van der Waals surface area contributed by atoms with Gasteiger partial charge in [0.05, 0.1) is 0 Å². The van der Waals surface area contributed by atoms with Gasteiger partial charge in [-0.05, 0) is 48.3 Å². The average Bonchev–Trinajstić information content (AvgIpc) is 2.94. The minimum Gasteiger partial charge on any atom is -0.399 e. The van der Waals surface area contributed by atoms with Gasteiger partial charge in [0, 0.05) is 30.1 Å². The fourth-order valence-electron chi connectivity index (χ4n) is 3.34. The maximum absolute atomic E-state index is 5.87. The Labute approximate surface area is 114 Å². The maximum Gasteiger partial charge on any atom is 0.0317 e. The number of fused-ring (bicyclic) bond motifs is 1. The zero-order valence-electron chi connectivity index (χ0n) is 11.1. The van der Waals surface area contributed by atoms with Crippen molar-refractivity contribution in [1.82, 2.24) is 4.90 Å². The summed E-state index contributed by atoms with van der Waals surface area (Å²) in [5, 5.41) is 0.897. The molecule has 2 nitrogen and oxygen atoms in total. The van der Waals surface area contributed by atoms with Gasteiger partial charge in [-0.25, -0.2) is 0 Å². The van der Waals surface area contributed by atoms with Crippen molar-refractivity contribution >= 4 is 17.4 Å². The van der Waals surface area contributed by atoms with Gasteiger partial charge in [0.15, 0.2) is 0 Å². The first-order chi connectivity index (χ1) is 8.76. The van der Waals surface area contributed by atoms with Crippen molar-refractivity contribution in [2.75, 3.05) is 11.5 Å². The van der Waals surface area contributed by atoms with Crippen molar-refractivity contribution in [3.63, 3.8) is 0 Å². The van der Waals surface area contributed by atoms with Gasteiger partial charge in [-0.1, -0.05) is 13.0 Å². The van der Waals surface area contributed by atoms with Crippen LogP contribution in [0.2, 0.25) is 0 Å². The first kappa shape index (κ1) is 12.4. The van der Waals surface area contributed by atoms with Crippen LogP contribution in [0.1, 0.15) is 37.3 Å². The number of hydrogen-bond acceptors (Lipinski definition) is 3. The molecule has 2 N–H and O–H groups in total. The highest BCUT2D eigenvalue weighted by molar-refractivity contribution is 7.99. The van der Waals surface area contributed by atoms with Gasteiger partial charge in [0.25, 0.3) is 0 Å². The normalized spacial score (nSPS) is 27.6. The number of nitrogens with zero attached hydrogens (tertiary/aromatic N) is 1. The summed E-state index contributed by atoms with van der Waals surface area (Å²) in [6.45, 7) is 4.50.